The van der Waals surface area contributed by atoms with Crippen LogP contribution in [0.1, 0.15) is 42.8 Å². The summed E-state index contributed by atoms with van der Waals surface area (Å²) < 4.78 is 20.5. The maximum absolute atomic E-state index is 13.3. The van der Waals surface area contributed by atoms with Crippen LogP contribution < -0.4 is 15.0 Å². The molecule has 39 heavy (non-hydrogen) atoms. The molecule has 0 spiro atoms. The molecule has 6 heterocycles. The van der Waals surface area contributed by atoms with Crippen molar-refractivity contribution in [2.45, 2.75) is 51.7 Å². The van der Waals surface area contributed by atoms with Gasteiger partial charge in [0, 0.05) is 42.8 Å². The lowest BCUT2D eigenvalue weighted by Crippen LogP contribution is -2.58. The van der Waals surface area contributed by atoms with E-state index in [9.17, 15) is 9.18 Å². The van der Waals surface area contributed by atoms with Crippen LogP contribution in [0.2, 0.25) is 0 Å². The standard InChI is InChI=1S/C26H29FN10O2/c1-15-8-23(39-24-9-16(2)33-34-24)32-25(30-15)35-13-20-5-6-21(14-35)37(20)26(38)31-17(3)18-4-7-22(28-10-18)36-12-19(27)11-29-36/h4,7-12,17,20-21H,5-6,13-14H2,1-3H3,(H,31,38)(H,33,34)/t17-,20-,21+/m0/s1. The lowest BCUT2D eigenvalue weighted by Gasteiger charge is -2.41. The van der Waals surface area contributed by atoms with E-state index >= 15 is 0 Å². The molecule has 12 nitrogen and oxygen atoms in total. The summed E-state index contributed by atoms with van der Waals surface area (Å²) in [6, 6.07) is 6.94. The fourth-order valence-electron chi connectivity index (χ4n) is 5.23. The van der Waals surface area contributed by atoms with Crippen molar-refractivity contribution in [1.82, 2.24) is 45.1 Å². The minimum atomic E-state index is -0.428. The lowest BCUT2D eigenvalue weighted by atomic mass is 10.1. The highest BCUT2D eigenvalue weighted by Crippen LogP contribution is 2.33. The summed E-state index contributed by atoms with van der Waals surface area (Å²) in [6.45, 7) is 7.01. The first kappa shape index (κ1) is 24.8. The third kappa shape index (κ3) is 5.11. The van der Waals surface area contributed by atoms with Crippen molar-refractivity contribution in [3.63, 3.8) is 0 Å². The molecule has 0 radical (unpaired) electrons. The number of fused-ring (bicyclic) bond motifs is 2. The molecule has 0 aliphatic carbocycles. The Morgan fingerprint density at radius 1 is 1.13 bits per heavy atom. The first-order valence-electron chi connectivity index (χ1n) is 12.9. The molecule has 2 saturated heterocycles. The number of urea groups is 1. The van der Waals surface area contributed by atoms with E-state index in [1.165, 1.54) is 10.9 Å². The molecule has 2 aliphatic rings. The number of aromatic nitrogens is 7. The molecule has 2 bridgehead atoms. The highest BCUT2D eigenvalue weighted by Gasteiger charge is 2.43. The molecule has 2 aliphatic heterocycles. The number of rotatable bonds is 6. The van der Waals surface area contributed by atoms with Gasteiger partial charge in [0.25, 0.3) is 0 Å². The number of carbonyl (C=O) groups excluding carboxylic acids is 1. The molecular formula is C26H29FN10O2. The fraction of sp³-hybridized carbons (Fsp3) is 0.385. The van der Waals surface area contributed by atoms with E-state index in [0.717, 1.165) is 36.0 Å². The first-order valence-corrected chi connectivity index (χ1v) is 12.9. The van der Waals surface area contributed by atoms with Gasteiger partial charge in [-0.1, -0.05) is 6.07 Å². The number of hydrogen-bond donors (Lipinski definition) is 2. The maximum atomic E-state index is 13.3. The number of ether oxygens (including phenoxy) is 1. The molecule has 4 aromatic heterocycles. The van der Waals surface area contributed by atoms with Crippen molar-refractivity contribution in [3.05, 3.63) is 65.6 Å². The van der Waals surface area contributed by atoms with Crippen molar-refractivity contribution in [3.8, 4) is 17.6 Å². The van der Waals surface area contributed by atoms with Gasteiger partial charge in [0.05, 0.1) is 30.5 Å². The van der Waals surface area contributed by atoms with Crippen molar-refractivity contribution in [2.24, 2.45) is 0 Å². The van der Waals surface area contributed by atoms with Crippen molar-refractivity contribution < 1.29 is 13.9 Å². The van der Waals surface area contributed by atoms with E-state index in [1.807, 2.05) is 31.7 Å². The number of piperazine rings is 1. The highest BCUT2D eigenvalue weighted by atomic mass is 19.1. The average Bonchev–Trinajstić information content (AvgIpc) is 3.60. The van der Waals surface area contributed by atoms with Gasteiger partial charge in [0.2, 0.25) is 17.7 Å². The second-order valence-electron chi connectivity index (χ2n) is 10.1. The van der Waals surface area contributed by atoms with Gasteiger partial charge in [0.15, 0.2) is 11.6 Å². The molecule has 4 aromatic rings. The highest BCUT2D eigenvalue weighted by molar-refractivity contribution is 5.76. The van der Waals surface area contributed by atoms with E-state index in [2.05, 4.69) is 40.5 Å². The number of amides is 2. The van der Waals surface area contributed by atoms with Gasteiger partial charge in [-0.2, -0.15) is 10.1 Å². The smallest absolute Gasteiger partial charge is 0.318 e. The van der Waals surface area contributed by atoms with Crippen LogP contribution in [0.5, 0.6) is 11.8 Å². The third-order valence-corrected chi connectivity index (χ3v) is 7.11. The SMILES string of the molecule is Cc1cc(Oc2cc(C)[nH]n2)nc(N2C[C@H]3CC[C@@H](C2)N3C(=O)N[C@@H](C)c2ccc(-n3cc(F)cn3)nc2)n1. The predicted molar refractivity (Wildman–Crippen MR) is 139 cm³/mol. The van der Waals surface area contributed by atoms with Crippen molar-refractivity contribution in [2.75, 3.05) is 18.0 Å². The summed E-state index contributed by atoms with van der Waals surface area (Å²) in [5, 5.41) is 14.0. The second-order valence-corrected chi connectivity index (χ2v) is 10.1. The molecular weight excluding hydrogens is 503 g/mol. The van der Waals surface area contributed by atoms with E-state index in [0.29, 0.717) is 36.6 Å². The van der Waals surface area contributed by atoms with E-state index in [4.69, 9.17) is 4.74 Å². The van der Waals surface area contributed by atoms with Gasteiger partial charge in [0.1, 0.15) is 0 Å². The lowest BCUT2D eigenvalue weighted by molar-refractivity contribution is 0.159. The summed E-state index contributed by atoms with van der Waals surface area (Å²) in [5.41, 5.74) is 2.54. The van der Waals surface area contributed by atoms with Crippen LogP contribution in [0.3, 0.4) is 0 Å². The van der Waals surface area contributed by atoms with Crippen LogP contribution in [-0.4, -0.2) is 71.0 Å². The van der Waals surface area contributed by atoms with Crippen LogP contribution in [0.15, 0.2) is 42.9 Å². The molecule has 0 unspecified atom stereocenters. The molecule has 13 heteroatoms. The van der Waals surface area contributed by atoms with Crippen LogP contribution in [-0.2, 0) is 0 Å². The topological polar surface area (TPSA) is 130 Å². The molecule has 2 amide bonds. The van der Waals surface area contributed by atoms with Crippen LogP contribution in [0, 0.1) is 19.7 Å². The second kappa shape index (κ2) is 9.97. The Balaban J connectivity index is 1.10. The van der Waals surface area contributed by atoms with Crippen molar-refractivity contribution >= 4 is 12.0 Å². The number of pyridine rings is 1. The molecule has 0 saturated carbocycles. The van der Waals surface area contributed by atoms with Gasteiger partial charge < -0.3 is 19.9 Å². The Kier molecular flexibility index (Phi) is 6.33. The third-order valence-electron chi connectivity index (χ3n) is 7.11. The number of hydrogen-bond acceptors (Lipinski definition) is 8. The number of anilines is 1. The number of aromatic amines is 1. The maximum Gasteiger partial charge on any atom is 0.318 e. The average molecular weight is 533 g/mol. The molecule has 202 valence electrons. The van der Waals surface area contributed by atoms with E-state index < -0.39 is 5.82 Å². The largest absolute Gasteiger partial charge is 0.419 e. The Bertz CT molecular complexity index is 1470. The minimum absolute atomic E-state index is 0.0497. The van der Waals surface area contributed by atoms with Gasteiger partial charge >= 0.3 is 6.03 Å². The Morgan fingerprint density at radius 3 is 2.56 bits per heavy atom. The molecule has 2 N–H and O–H groups in total. The number of halogens is 1. The van der Waals surface area contributed by atoms with Gasteiger partial charge in [-0.05, 0) is 45.2 Å². The molecule has 2 fully saturated rings. The fourth-order valence-corrected chi connectivity index (χ4v) is 5.23. The van der Waals surface area contributed by atoms with Crippen LogP contribution in [0.4, 0.5) is 15.1 Å². The molecule has 0 aromatic carbocycles. The van der Waals surface area contributed by atoms with Crippen LogP contribution in [0.25, 0.3) is 5.82 Å². The zero-order chi connectivity index (χ0) is 27.1. The summed E-state index contributed by atoms with van der Waals surface area (Å²) in [5.74, 6) is 1.55. The molecule has 3 atom stereocenters. The number of aryl methyl sites for hydroxylation is 2. The number of carbonyl (C=O) groups is 1. The zero-order valence-electron chi connectivity index (χ0n) is 21.9. The molecule has 6 rings (SSSR count). The van der Waals surface area contributed by atoms with E-state index in [-0.39, 0.29) is 24.2 Å². The van der Waals surface area contributed by atoms with Gasteiger partial charge in [-0.25, -0.2) is 23.8 Å². The summed E-state index contributed by atoms with van der Waals surface area (Å²) in [4.78, 5) is 31.1. The predicted octanol–water partition coefficient (Wildman–Crippen LogP) is 3.45. The monoisotopic (exact) mass is 532 g/mol. The first-order chi connectivity index (χ1) is 18.8. The number of H-pyrrole nitrogens is 1. The summed E-state index contributed by atoms with van der Waals surface area (Å²) >= 11 is 0. The summed E-state index contributed by atoms with van der Waals surface area (Å²) in [7, 11) is 0. The Labute approximate surface area is 224 Å². The number of nitrogens with one attached hydrogen (secondary N) is 2. The van der Waals surface area contributed by atoms with Crippen molar-refractivity contribution in [1.29, 1.82) is 0 Å². The minimum Gasteiger partial charge on any atom is -0.419 e. The quantitative estimate of drug-likeness (QED) is 0.386. The van der Waals surface area contributed by atoms with Gasteiger partial charge in [-0.15, -0.1) is 5.10 Å². The number of nitrogens with zero attached hydrogens (tertiary/aromatic N) is 8. The van der Waals surface area contributed by atoms with E-state index in [1.54, 1.807) is 24.4 Å². The zero-order valence-corrected chi connectivity index (χ0v) is 21.9. The Hall–Kier alpha value is -4.55. The van der Waals surface area contributed by atoms with Gasteiger partial charge in [-0.3, -0.25) is 5.10 Å². The summed E-state index contributed by atoms with van der Waals surface area (Å²) in [6.07, 6.45) is 5.90. The normalized spacial score (nSPS) is 19.3. The Morgan fingerprint density at radius 2 is 1.92 bits per heavy atom. The van der Waals surface area contributed by atoms with Crippen LogP contribution >= 0.6 is 0 Å².